The standard InChI is InChI=1S/C21H24N2O5/c1-3-4-11-28-21(25)18-13(2)22-16-9-6-10-17(24)20(16)19(18)14-7-5-8-15(12-14)23(26)27/h5,7-8,12,19,22H,3-4,6,9-11H2,1-2H3. The summed E-state index contributed by atoms with van der Waals surface area (Å²) in [6, 6.07) is 6.15. The van der Waals surface area contributed by atoms with E-state index in [0.29, 0.717) is 41.9 Å². The predicted octanol–water partition coefficient (Wildman–Crippen LogP) is 3.91. The highest BCUT2D eigenvalue weighted by molar-refractivity contribution is 6.03. The van der Waals surface area contributed by atoms with E-state index in [1.54, 1.807) is 19.1 Å². The number of non-ortho nitro benzene ring substituents is 1. The molecule has 1 aliphatic heterocycles. The first-order chi connectivity index (χ1) is 13.4. The third-order valence-electron chi connectivity index (χ3n) is 5.14. The largest absolute Gasteiger partial charge is 0.462 e. The minimum atomic E-state index is -0.655. The van der Waals surface area contributed by atoms with Gasteiger partial charge in [-0.05, 0) is 31.7 Å². The van der Waals surface area contributed by atoms with Gasteiger partial charge < -0.3 is 10.1 Å². The van der Waals surface area contributed by atoms with Crippen LogP contribution in [0.1, 0.15) is 57.4 Å². The molecule has 2 aliphatic rings. The molecule has 148 valence electrons. The van der Waals surface area contributed by atoms with Crippen LogP contribution in [0.5, 0.6) is 0 Å². The zero-order chi connectivity index (χ0) is 20.3. The van der Waals surface area contributed by atoms with Crippen molar-refractivity contribution in [3.8, 4) is 0 Å². The van der Waals surface area contributed by atoms with Gasteiger partial charge in [-0.15, -0.1) is 0 Å². The van der Waals surface area contributed by atoms with Gasteiger partial charge in [-0.3, -0.25) is 14.9 Å². The summed E-state index contributed by atoms with van der Waals surface area (Å²) in [7, 11) is 0. The van der Waals surface area contributed by atoms with Gasteiger partial charge in [-0.25, -0.2) is 4.79 Å². The Kier molecular flexibility index (Phi) is 5.92. The average Bonchev–Trinajstić information content (AvgIpc) is 2.67. The van der Waals surface area contributed by atoms with Gasteiger partial charge in [0.2, 0.25) is 0 Å². The lowest BCUT2D eigenvalue weighted by Crippen LogP contribution is -2.34. The maximum absolute atomic E-state index is 12.9. The molecule has 0 aromatic heterocycles. The minimum Gasteiger partial charge on any atom is -0.462 e. The number of hydrogen-bond donors (Lipinski definition) is 1. The molecule has 7 heteroatoms. The quantitative estimate of drug-likeness (QED) is 0.346. The number of dihydropyridines is 1. The maximum atomic E-state index is 12.9. The van der Waals surface area contributed by atoms with E-state index >= 15 is 0 Å². The van der Waals surface area contributed by atoms with E-state index in [1.807, 2.05) is 6.92 Å². The van der Waals surface area contributed by atoms with Crippen molar-refractivity contribution in [3.63, 3.8) is 0 Å². The van der Waals surface area contributed by atoms with Crippen LogP contribution in [0.4, 0.5) is 5.69 Å². The molecule has 1 aliphatic carbocycles. The van der Waals surface area contributed by atoms with E-state index in [-0.39, 0.29) is 11.5 Å². The second-order valence-electron chi connectivity index (χ2n) is 7.11. The fourth-order valence-corrected chi connectivity index (χ4v) is 3.79. The lowest BCUT2D eigenvalue weighted by molar-refractivity contribution is -0.384. The number of carbonyl (C=O) groups excluding carboxylic acids is 2. The Morgan fingerprint density at radius 3 is 2.86 bits per heavy atom. The maximum Gasteiger partial charge on any atom is 0.336 e. The predicted molar refractivity (Wildman–Crippen MR) is 103 cm³/mol. The van der Waals surface area contributed by atoms with Gasteiger partial charge in [-0.2, -0.15) is 0 Å². The van der Waals surface area contributed by atoms with Crippen LogP contribution in [0, 0.1) is 10.1 Å². The highest BCUT2D eigenvalue weighted by atomic mass is 16.6. The van der Waals surface area contributed by atoms with Gasteiger partial charge in [0.15, 0.2) is 5.78 Å². The number of benzene rings is 1. The smallest absolute Gasteiger partial charge is 0.336 e. The number of carbonyl (C=O) groups is 2. The molecular formula is C21H24N2O5. The van der Waals surface area contributed by atoms with E-state index in [1.165, 1.54) is 12.1 Å². The highest BCUT2D eigenvalue weighted by Gasteiger charge is 2.39. The molecule has 0 bridgehead atoms. The Labute approximate surface area is 163 Å². The molecule has 1 aromatic carbocycles. The molecule has 0 radical (unpaired) electrons. The Hall–Kier alpha value is -2.96. The normalized spacial score (nSPS) is 19.2. The topological polar surface area (TPSA) is 98.5 Å². The molecule has 0 saturated carbocycles. The van der Waals surface area contributed by atoms with Crippen molar-refractivity contribution in [1.29, 1.82) is 0 Å². The van der Waals surface area contributed by atoms with E-state index in [9.17, 15) is 19.7 Å². The number of nitrogens with one attached hydrogen (secondary N) is 1. The monoisotopic (exact) mass is 384 g/mol. The molecular weight excluding hydrogens is 360 g/mol. The number of rotatable bonds is 6. The van der Waals surface area contributed by atoms with Crippen molar-refractivity contribution in [3.05, 3.63) is 62.5 Å². The number of esters is 1. The second-order valence-corrected chi connectivity index (χ2v) is 7.11. The first kappa shape index (κ1) is 19.8. The molecule has 28 heavy (non-hydrogen) atoms. The highest BCUT2D eigenvalue weighted by Crippen LogP contribution is 2.43. The zero-order valence-electron chi connectivity index (χ0n) is 16.1. The molecule has 0 spiro atoms. The summed E-state index contributed by atoms with van der Waals surface area (Å²) in [4.78, 5) is 36.4. The summed E-state index contributed by atoms with van der Waals surface area (Å²) in [6.07, 6.45) is 3.51. The van der Waals surface area contributed by atoms with Gasteiger partial charge in [0.25, 0.3) is 5.69 Å². The number of allylic oxidation sites excluding steroid dienone is 3. The Bertz CT molecular complexity index is 885. The van der Waals surface area contributed by atoms with Crippen LogP contribution in [0.25, 0.3) is 0 Å². The van der Waals surface area contributed by atoms with E-state index < -0.39 is 16.8 Å². The summed E-state index contributed by atoms with van der Waals surface area (Å²) < 4.78 is 5.43. The van der Waals surface area contributed by atoms with E-state index in [4.69, 9.17) is 4.74 Å². The first-order valence-electron chi connectivity index (χ1n) is 9.59. The van der Waals surface area contributed by atoms with Crippen LogP contribution in [0.3, 0.4) is 0 Å². The van der Waals surface area contributed by atoms with Crippen molar-refractivity contribution >= 4 is 17.4 Å². The molecule has 1 atom stereocenters. The van der Waals surface area contributed by atoms with Crippen LogP contribution < -0.4 is 5.32 Å². The molecule has 0 saturated heterocycles. The van der Waals surface area contributed by atoms with Crippen LogP contribution >= 0.6 is 0 Å². The third-order valence-corrected chi connectivity index (χ3v) is 5.14. The molecule has 1 N–H and O–H groups in total. The summed E-state index contributed by atoms with van der Waals surface area (Å²) in [6.45, 7) is 4.08. The van der Waals surface area contributed by atoms with Gasteiger partial charge in [0, 0.05) is 41.4 Å². The van der Waals surface area contributed by atoms with Crippen molar-refractivity contribution in [2.45, 2.75) is 51.9 Å². The number of ketones is 1. The number of nitro benzene ring substituents is 1. The fraction of sp³-hybridized carbons (Fsp3) is 0.429. The SMILES string of the molecule is CCCCOC(=O)C1=C(C)NC2=C(C(=O)CCC2)C1c1cccc([N+](=O)[O-])c1. The number of Topliss-reactive ketones (excluding diaryl/α,β-unsaturated/α-hetero) is 1. The van der Waals surface area contributed by atoms with E-state index in [2.05, 4.69) is 5.32 Å². The lowest BCUT2D eigenvalue weighted by atomic mass is 9.75. The first-order valence-corrected chi connectivity index (χ1v) is 9.59. The Balaban J connectivity index is 2.09. The summed E-state index contributed by atoms with van der Waals surface area (Å²) >= 11 is 0. The van der Waals surface area contributed by atoms with Crippen molar-refractivity contribution < 1.29 is 19.2 Å². The average molecular weight is 384 g/mol. The molecule has 1 unspecified atom stereocenters. The van der Waals surface area contributed by atoms with Gasteiger partial charge in [-0.1, -0.05) is 25.5 Å². The Morgan fingerprint density at radius 2 is 2.14 bits per heavy atom. The fourth-order valence-electron chi connectivity index (χ4n) is 3.79. The van der Waals surface area contributed by atoms with E-state index in [0.717, 1.165) is 25.0 Å². The third kappa shape index (κ3) is 3.83. The number of unbranched alkanes of at least 4 members (excludes halogenated alkanes) is 1. The zero-order valence-corrected chi connectivity index (χ0v) is 16.1. The van der Waals surface area contributed by atoms with Crippen LogP contribution in [-0.4, -0.2) is 23.3 Å². The van der Waals surface area contributed by atoms with Gasteiger partial charge >= 0.3 is 5.97 Å². The van der Waals surface area contributed by atoms with Crippen molar-refractivity contribution in [2.24, 2.45) is 0 Å². The molecule has 1 heterocycles. The number of hydrogen-bond acceptors (Lipinski definition) is 6. The molecule has 3 rings (SSSR count). The number of ether oxygens (including phenoxy) is 1. The van der Waals surface area contributed by atoms with Crippen LogP contribution in [0.15, 0.2) is 46.8 Å². The Morgan fingerprint density at radius 1 is 1.36 bits per heavy atom. The number of nitro groups is 1. The van der Waals surface area contributed by atoms with Crippen LogP contribution in [-0.2, 0) is 14.3 Å². The molecule has 0 amide bonds. The van der Waals surface area contributed by atoms with Crippen LogP contribution in [0.2, 0.25) is 0 Å². The van der Waals surface area contributed by atoms with Gasteiger partial charge in [0.05, 0.1) is 17.1 Å². The summed E-state index contributed by atoms with van der Waals surface area (Å²) in [5, 5.41) is 14.5. The molecule has 7 nitrogen and oxygen atoms in total. The van der Waals surface area contributed by atoms with Crippen molar-refractivity contribution in [2.75, 3.05) is 6.61 Å². The summed E-state index contributed by atoms with van der Waals surface area (Å²) in [5.74, 6) is -1.17. The summed E-state index contributed by atoms with van der Waals surface area (Å²) in [5.41, 5.74) is 2.80. The van der Waals surface area contributed by atoms with Crippen molar-refractivity contribution in [1.82, 2.24) is 5.32 Å². The minimum absolute atomic E-state index is 0.0309. The molecule has 0 fully saturated rings. The lowest BCUT2D eigenvalue weighted by Gasteiger charge is -2.34. The van der Waals surface area contributed by atoms with Gasteiger partial charge in [0.1, 0.15) is 0 Å². The second kappa shape index (κ2) is 8.37. The number of nitrogens with zero attached hydrogens (tertiary/aromatic N) is 1. The molecule has 1 aromatic rings.